The summed E-state index contributed by atoms with van der Waals surface area (Å²) in [7, 11) is -3.89. The van der Waals surface area contributed by atoms with Gasteiger partial charge >= 0.3 is 4.87 Å². The minimum absolute atomic E-state index is 0.100. The summed E-state index contributed by atoms with van der Waals surface area (Å²) in [5.74, 6) is -2.48. The number of fused-ring (bicyclic) bond motifs is 2. The Hall–Kier alpha value is -4.04. The van der Waals surface area contributed by atoms with Crippen LogP contribution in [-0.2, 0) is 31.0 Å². The molecule has 3 unspecified atom stereocenters. The van der Waals surface area contributed by atoms with Crippen LogP contribution in [0.25, 0.3) is 0 Å². The minimum atomic E-state index is -3.89. The Morgan fingerprint density at radius 2 is 1.60 bits per heavy atom. The van der Waals surface area contributed by atoms with Gasteiger partial charge in [-0.15, -0.1) is 0 Å². The Balaban J connectivity index is 1.35. The molecule has 3 heterocycles. The predicted octanol–water partition coefficient (Wildman–Crippen LogP) is 3.30. The highest BCUT2D eigenvalue weighted by Gasteiger charge is 2.56. The topological polar surface area (TPSA) is 149 Å². The highest BCUT2D eigenvalue weighted by atomic mass is 32.2. The van der Waals surface area contributed by atoms with Crippen molar-refractivity contribution in [2.24, 2.45) is 11.1 Å². The summed E-state index contributed by atoms with van der Waals surface area (Å²) in [5.41, 5.74) is 2.61. The summed E-state index contributed by atoms with van der Waals surface area (Å²) < 4.78 is 24.4. The molecule has 3 atom stereocenters. The van der Waals surface area contributed by atoms with Crippen molar-refractivity contribution >= 4 is 62.2 Å². The molecule has 1 saturated heterocycles. The average molecular weight is 621 g/mol. The number of primary sulfonamides is 1. The molecule has 0 bridgehead atoms. The van der Waals surface area contributed by atoms with E-state index in [2.05, 4.69) is 5.32 Å². The quantitative estimate of drug-likeness (QED) is 0.314. The maximum absolute atomic E-state index is 13.9. The Morgan fingerprint density at radius 1 is 0.929 bits per heavy atom. The van der Waals surface area contributed by atoms with Crippen LogP contribution >= 0.6 is 23.1 Å². The van der Waals surface area contributed by atoms with Gasteiger partial charge < -0.3 is 5.32 Å². The zero-order chi connectivity index (χ0) is 29.8. The summed E-state index contributed by atoms with van der Waals surface area (Å²) in [6.07, 6.45) is 0. The summed E-state index contributed by atoms with van der Waals surface area (Å²) in [5, 5.41) is 7.49. The highest BCUT2D eigenvalue weighted by molar-refractivity contribution is 8.00. The molecule has 0 aliphatic carbocycles. The Labute approximate surface area is 249 Å². The lowest BCUT2D eigenvalue weighted by Gasteiger charge is -2.30. The Bertz CT molecular complexity index is 1880. The Morgan fingerprint density at radius 3 is 2.24 bits per heavy atom. The van der Waals surface area contributed by atoms with Crippen LogP contribution in [0.15, 0.2) is 93.6 Å². The standard InChI is InChI=1S/C29H24N4O6S3/c1-16-7-11-19(12-8-16)33-26(35)23-22(17-5-3-2-4-6-17)25-28(40-24(23)27(33)36)32(29(37)41-25)15-21(34)31-18-9-13-20(14-10-18)42(30,38)39/h2-14,22-24H,15H2,1H3,(H,31,34)(H2,30,38,39). The van der Waals surface area contributed by atoms with Crippen LogP contribution < -0.4 is 20.2 Å². The smallest absolute Gasteiger partial charge is 0.308 e. The third-order valence-electron chi connectivity index (χ3n) is 7.27. The van der Waals surface area contributed by atoms with Crippen molar-refractivity contribution in [2.45, 2.75) is 34.6 Å². The van der Waals surface area contributed by atoms with Gasteiger partial charge in [0.05, 0.1) is 21.5 Å². The van der Waals surface area contributed by atoms with E-state index in [4.69, 9.17) is 5.14 Å². The second-order valence-corrected chi connectivity index (χ2v) is 13.7. The van der Waals surface area contributed by atoms with Gasteiger partial charge in [0.15, 0.2) is 0 Å². The maximum Gasteiger partial charge on any atom is 0.308 e. The highest BCUT2D eigenvalue weighted by Crippen LogP contribution is 2.53. The van der Waals surface area contributed by atoms with Crippen molar-refractivity contribution in [2.75, 3.05) is 10.2 Å². The van der Waals surface area contributed by atoms with E-state index in [0.29, 0.717) is 21.3 Å². The van der Waals surface area contributed by atoms with Crippen molar-refractivity contribution in [3.63, 3.8) is 0 Å². The number of thioether (sulfide) groups is 1. The number of hydrogen-bond donors (Lipinski definition) is 2. The molecular formula is C29H24N4O6S3. The van der Waals surface area contributed by atoms with Crippen molar-refractivity contribution < 1.29 is 22.8 Å². The number of benzene rings is 3. The fourth-order valence-electron chi connectivity index (χ4n) is 5.30. The van der Waals surface area contributed by atoms with E-state index in [1.165, 1.54) is 33.7 Å². The molecular weight excluding hydrogens is 597 g/mol. The molecule has 214 valence electrons. The van der Waals surface area contributed by atoms with Crippen LogP contribution in [0, 0.1) is 12.8 Å². The number of carbonyl (C=O) groups is 3. The van der Waals surface area contributed by atoms with E-state index in [0.717, 1.165) is 34.2 Å². The summed E-state index contributed by atoms with van der Waals surface area (Å²) in [6.45, 7) is 1.59. The largest absolute Gasteiger partial charge is 0.325 e. The zero-order valence-corrected chi connectivity index (χ0v) is 24.5. The van der Waals surface area contributed by atoms with Gasteiger partial charge in [-0.2, -0.15) is 0 Å². The molecule has 10 nitrogen and oxygen atoms in total. The first-order chi connectivity index (χ1) is 20.0. The van der Waals surface area contributed by atoms with Crippen LogP contribution in [0.5, 0.6) is 0 Å². The molecule has 3 N–H and O–H groups in total. The number of nitrogens with one attached hydrogen (secondary N) is 1. The first kappa shape index (κ1) is 28.1. The molecule has 0 radical (unpaired) electrons. The van der Waals surface area contributed by atoms with E-state index in [1.807, 2.05) is 49.4 Å². The summed E-state index contributed by atoms with van der Waals surface area (Å²) in [6, 6.07) is 21.8. The second kappa shape index (κ2) is 10.7. The number of aryl methyl sites for hydroxylation is 1. The molecule has 2 aliphatic rings. The lowest BCUT2D eigenvalue weighted by atomic mass is 9.83. The third kappa shape index (κ3) is 4.98. The van der Waals surface area contributed by atoms with Gasteiger partial charge in [-0.1, -0.05) is 71.1 Å². The number of sulfonamides is 1. The molecule has 2 aliphatic heterocycles. The number of amides is 3. The molecule has 1 fully saturated rings. The molecule has 0 spiro atoms. The lowest BCUT2D eigenvalue weighted by molar-refractivity contribution is -0.122. The van der Waals surface area contributed by atoms with E-state index >= 15 is 0 Å². The number of carbonyl (C=O) groups excluding carboxylic acids is 3. The zero-order valence-electron chi connectivity index (χ0n) is 22.1. The molecule has 42 heavy (non-hydrogen) atoms. The summed E-state index contributed by atoms with van der Waals surface area (Å²) in [4.78, 5) is 55.3. The first-order valence-corrected chi connectivity index (χ1v) is 16.1. The van der Waals surface area contributed by atoms with Crippen molar-refractivity contribution in [1.29, 1.82) is 0 Å². The van der Waals surface area contributed by atoms with Gasteiger partial charge in [0.1, 0.15) is 11.8 Å². The van der Waals surface area contributed by atoms with Crippen molar-refractivity contribution in [3.05, 3.63) is 105 Å². The number of anilines is 2. The number of hydrogen-bond acceptors (Lipinski definition) is 8. The van der Waals surface area contributed by atoms with E-state index in [1.54, 1.807) is 12.1 Å². The van der Waals surface area contributed by atoms with Crippen LogP contribution in [0.2, 0.25) is 0 Å². The number of aromatic nitrogens is 1. The van der Waals surface area contributed by atoms with Crippen LogP contribution in [0.3, 0.4) is 0 Å². The number of rotatable bonds is 6. The number of imide groups is 1. The molecule has 4 aromatic rings. The molecule has 6 rings (SSSR count). The van der Waals surface area contributed by atoms with Crippen molar-refractivity contribution in [3.8, 4) is 0 Å². The lowest BCUT2D eigenvalue weighted by Crippen LogP contribution is -2.33. The van der Waals surface area contributed by atoms with Gasteiger partial charge in [-0.25, -0.2) is 18.5 Å². The van der Waals surface area contributed by atoms with E-state index in [9.17, 15) is 27.6 Å². The fraction of sp³-hybridized carbons (Fsp3) is 0.172. The SMILES string of the molecule is Cc1ccc(N2C(=O)C3Sc4c(sc(=O)n4CC(=O)Nc4ccc(S(N)(=O)=O)cc4)C(c4ccccc4)C3C2=O)cc1. The normalized spacial score (nSPS) is 19.9. The van der Waals surface area contributed by atoms with Gasteiger partial charge in [0, 0.05) is 16.5 Å². The molecule has 3 aromatic carbocycles. The van der Waals surface area contributed by atoms with Gasteiger partial charge in [0.25, 0.3) is 0 Å². The van der Waals surface area contributed by atoms with Gasteiger partial charge in [0.2, 0.25) is 27.7 Å². The van der Waals surface area contributed by atoms with Crippen LogP contribution in [-0.4, -0.2) is 36.0 Å². The second-order valence-electron chi connectivity index (χ2n) is 10.0. The van der Waals surface area contributed by atoms with Gasteiger partial charge in [-0.3, -0.25) is 23.7 Å². The van der Waals surface area contributed by atoms with E-state index < -0.39 is 33.0 Å². The van der Waals surface area contributed by atoms with Crippen LogP contribution in [0.1, 0.15) is 21.9 Å². The third-order valence-corrected chi connectivity index (χ3v) is 10.8. The molecule has 3 amide bonds. The van der Waals surface area contributed by atoms with Crippen molar-refractivity contribution in [1.82, 2.24) is 4.57 Å². The van der Waals surface area contributed by atoms with Crippen LogP contribution in [0.4, 0.5) is 11.4 Å². The maximum atomic E-state index is 13.9. The summed E-state index contributed by atoms with van der Waals surface area (Å²) >= 11 is 2.11. The monoisotopic (exact) mass is 620 g/mol. The predicted molar refractivity (Wildman–Crippen MR) is 160 cm³/mol. The Kier molecular flexibility index (Phi) is 7.13. The fourth-order valence-corrected chi connectivity index (χ4v) is 8.58. The number of nitrogens with two attached hydrogens (primary N) is 1. The molecule has 0 saturated carbocycles. The number of nitrogens with zero attached hydrogens (tertiary/aromatic N) is 2. The number of thiazole rings is 1. The van der Waals surface area contributed by atoms with E-state index in [-0.39, 0.29) is 28.1 Å². The molecule has 1 aromatic heterocycles. The van der Waals surface area contributed by atoms with Gasteiger partial charge in [-0.05, 0) is 48.9 Å². The average Bonchev–Trinajstić information content (AvgIpc) is 3.40. The first-order valence-electron chi connectivity index (χ1n) is 12.9. The molecule has 13 heteroatoms. The minimum Gasteiger partial charge on any atom is -0.325 e.